The van der Waals surface area contributed by atoms with Gasteiger partial charge in [-0.25, -0.2) is 4.79 Å². The molecule has 1 unspecified atom stereocenters. The van der Waals surface area contributed by atoms with Gasteiger partial charge < -0.3 is 15.0 Å². The van der Waals surface area contributed by atoms with E-state index in [0.717, 1.165) is 24.5 Å². The molecule has 2 aliphatic rings. The molecule has 7 heteroatoms. The van der Waals surface area contributed by atoms with Gasteiger partial charge in [0.2, 0.25) is 0 Å². The normalized spacial score (nSPS) is 24.0. The molecule has 1 amide bonds. The number of thiocarbonyl (C=S) groups is 1. The van der Waals surface area contributed by atoms with Crippen LogP contribution in [0.3, 0.4) is 0 Å². The van der Waals surface area contributed by atoms with Crippen molar-refractivity contribution in [2.75, 3.05) is 47.5 Å². The van der Waals surface area contributed by atoms with E-state index in [-0.39, 0.29) is 12.2 Å². The van der Waals surface area contributed by atoms with E-state index in [1.165, 1.54) is 17.9 Å². The third-order valence-electron chi connectivity index (χ3n) is 4.49. The first-order valence-electron chi connectivity index (χ1n) is 8.58. The van der Waals surface area contributed by atoms with Gasteiger partial charge in [-0.3, -0.25) is 4.90 Å². The Balaban J connectivity index is 1.63. The third-order valence-corrected chi connectivity index (χ3v) is 6.26. The molecular formula is C18H25N3O2S2. The molecule has 0 radical (unpaired) electrons. The van der Waals surface area contributed by atoms with Gasteiger partial charge in [0.25, 0.3) is 0 Å². The molecule has 1 aromatic carbocycles. The van der Waals surface area contributed by atoms with E-state index in [2.05, 4.69) is 28.2 Å². The largest absolute Gasteiger partial charge is 0.442 e. The average Bonchev–Trinajstić information content (AvgIpc) is 2.82. The second kappa shape index (κ2) is 8.19. The van der Waals surface area contributed by atoms with Crippen molar-refractivity contribution < 1.29 is 9.53 Å². The van der Waals surface area contributed by atoms with Gasteiger partial charge in [-0.15, -0.1) is 0 Å². The van der Waals surface area contributed by atoms with Crippen LogP contribution in [0.1, 0.15) is 13.3 Å². The molecule has 2 aliphatic heterocycles. The first-order valence-corrected chi connectivity index (χ1v) is 10.7. The van der Waals surface area contributed by atoms with Gasteiger partial charge in [-0.05, 0) is 43.4 Å². The highest BCUT2D eigenvalue weighted by Gasteiger charge is 2.32. The Morgan fingerprint density at radius 3 is 2.76 bits per heavy atom. The fourth-order valence-corrected chi connectivity index (χ4v) is 4.41. The number of carbonyl (C=O) groups excluding carboxylic acids is 1. The van der Waals surface area contributed by atoms with Crippen molar-refractivity contribution in [3.63, 3.8) is 0 Å². The summed E-state index contributed by atoms with van der Waals surface area (Å²) in [4.78, 5) is 16.9. The molecule has 5 nitrogen and oxygen atoms in total. The minimum atomic E-state index is -0.294. The number of hydrogen-bond donors (Lipinski definition) is 1. The van der Waals surface area contributed by atoms with Crippen LogP contribution < -0.4 is 15.1 Å². The third kappa shape index (κ3) is 4.73. The highest BCUT2D eigenvalue weighted by Crippen LogP contribution is 2.26. The summed E-state index contributed by atoms with van der Waals surface area (Å²) < 4.78 is 5.40. The Morgan fingerprint density at radius 2 is 2.04 bits per heavy atom. The molecule has 2 atom stereocenters. The van der Waals surface area contributed by atoms with Crippen LogP contribution in [-0.4, -0.2) is 60.7 Å². The predicted molar refractivity (Wildman–Crippen MR) is 112 cm³/mol. The highest BCUT2D eigenvalue weighted by molar-refractivity contribution is 8.14. The van der Waals surface area contributed by atoms with Crippen LogP contribution in [0, 0.1) is 0 Å². The Labute approximate surface area is 157 Å². The summed E-state index contributed by atoms with van der Waals surface area (Å²) in [6.07, 6.45) is 0.726. The summed E-state index contributed by atoms with van der Waals surface area (Å²) in [7, 11) is 0.301. The van der Waals surface area contributed by atoms with Gasteiger partial charge >= 0.3 is 6.09 Å². The van der Waals surface area contributed by atoms with Crippen molar-refractivity contribution in [1.82, 2.24) is 5.32 Å². The fourth-order valence-electron chi connectivity index (χ4n) is 3.11. The van der Waals surface area contributed by atoms with Crippen molar-refractivity contribution >= 4 is 51.0 Å². The number of carbonyl (C=O) groups is 1. The topological polar surface area (TPSA) is 44.8 Å². The van der Waals surface area contributed by atoms with Gasteiger partial charge in [-0.2, -0.15) is 10.5 Å². The van der Waals surface area contributed by atoms with Crippen LogP contribution in [0.25, 0.3) is 0 Å². The average molecular weight is 380 g/mol. The van der Waals surface area contributed by atoms with Gasteiger partial charge in [0.15, 0.2) is 0 Å². The van der Waals surface area contributed by atoms with Crippen LogP contribution in [0.4, 0.5) is 16.2 Å². The number of hydrogen-bond acceptors (Lipinski definition) is 4. The van der Waals surface area contributed by atoms with E-state index in [1.54, 1.807) is 4.90 Å². The van der Waals surface area contributed by atoms with Crippen LogP contribution in [0.2, 0.25) is 0 Å². The zero-order valence-corrected chi connectivity index (χ0v) is 16.2. The molecule has 2 saturated heterocycles. The van der Waals surface area contributed by atoms with Crippen molar-refractivity contribution in [2.24, 2.45) is 0 Å². The number of cyclic esters (lactones) is 1. The van der Waals surface area contributed by atoms with E-state index in [1.807, 2.05) is 19.1 Å². The first-order chi connectivity index (χ1) is 12.0. The number of nitrogens with zero attached hydrogens (tertiary/aromatic N) is 2. The second-order valence-electron chi connectivity index (χ2n) is 6.43. The molecule has 0 bridgehead atoms. The van der Waals surface area contributed by atoms with E-state index in [9.17, 15) is 4.79 Å². The van der Waals surface area contributed by atoms with Crippen LogP contribution >= 0.6 is 22.7 Å². The number of anilines is 2. The molecule has 0 aliphatic carbocycles. The molecule has 2 fully saturated rings. The summed E-state index contributed by atoms with van der Waals surface area (Å²) in [6, 6.07) is 8.21. The molecule has 0 spiro atoms. The zero-order chi connectivity index (χ0) is 17.8. The quantitative estimate of drug-likeness (QED) is 0.815. The van der Waals surface area contributed by atoms with Crippen LogP contribution in [0.15, 0.2) is 24.3 Å². The first kappa shape index (κ1) is 18.2. The van der Waals surface area contributed by atoms with E-state index in [4.69, 9.17) is 17.0 Å². The van der Waals surface area contributed by atoms with E-state index < -0.39 is 0 Å². The number of amides is 1. The standard InChI is InChI=1S/C18H25N3O2S2/c1-14(24)19-12-17-13-21(18(22)23-17)16-6-4-15(5-7-16)20-8-3-10-25(2)11-9-20/h4-7,17H,2-3,8-13H2,1H3,(H,19,24)/t17-,25?/m0/s1. The monoisotopic (exact) mass is 379 g/mol. The Kier molecular flexibility index (Phi) is 5.96. The minimum absolute atomic E-state index is 0.175. The van der Waals surface area contributed by atoms with Gasteiger partial charge in [-0.1, -0.05) is 18.1 Å². The molecule has 25 heavy (non-hydrogen) atoms. The maximum Gasteiger partial charge on any atom is 0.414 e. The number of nitrogens with one attached hydrogen (secondary N) is 1. The van der Waals surface area contributed by atoms with Gasteiger partial charge in [0.05, 0.1) is 18.1 Å². The van der Waals surface area contributed by atoms with Crippen LogP contribution in [0.5, 0.6) is 0 Å². The lowest BCUT2D eigenvalue weighted by atomic mass is 10.2. The summed E-state index contributed by atoms with van der Waals surface area (Å²) in [5.41, 5.74) is 2.09. The molecule has 2 heterocycles. The molecule has 1 N–H and O–H groups in total. The maximum absolute atomic E-state index is 12.1. The summed E-state index contributed by atoms with van der Waals surface area (Å²) in [5, 5.41) is 3.06. The van der Waals surface area contributed by atoms with Crippen molar-refractivity contribution in [1.29, 1.82) is 0 Å². The van der Waals surface area contributed by atoms with Gasteiger partial charge in [0.1, 0.15) is 6.10 Å². The number of benzene rings is 1. The number of rotatable bonds is 4. The summed E-state index contributed by atoms with van der Waals surface area (Å²) in [6.45, 7) is 5.05. The van der Waals surface area contributed by atoms with Crippen molar-refractivity contribution in [2.45, 2.75) is 19.4 Å². The van der Waals surface area contributed by atoms with Crippen molar-refractivity contribution in [3.8, 4) is 0 Å². The maximum atomic E-state index is 12.1. The Hall–Kier alpha value is -1.60. The molecule has 0 saturated carbocycles. The molecule has 136 valence electrons. The van der Waals surface area contributed by atoms with E-state index >= 15 is 0 Å². The molecule has 3 rings (SSSR count). The molecule has 1 aromatic rings. The fraction of sp³-hybridized carbons (Fsp3) is 0.500. The smallest absolute Gasteiger partial charge is 0.414 e. The van der Waals surface area contributed by atoms with Crippen LogP contribution in [-0.2, 0) is 4.74 Å². The van der Waals surface area contributed by atoms with Crippen molar-refractivity contribution in [3.05, 3.63) is 24.3 Å². The molecular weight excluding hydrogens is 354 g/mol. The van der Waals surface area contributed by atoms with E-state index in [0.29, 0.717) is 28.6 Å². The predicted octanol–water partition coefficient (Wildman–Crippen LogP) is 2.86. The Morgan fingerprint density at radius 1 is 1.32 bits per heavy atom. The Bertz CT molecular complexity index is 663. The number of ether oxygens (including phenoxy) is 1. The second-order valence-corrected chi connectivity index (χ2v) is 9.08. The lowest BCUT2D eigenvalue weighted by molar-refractivity contribution is 0.143. The molecule has 0 aromatic heterocycles. The lowest BCUT2D eigenvalue weighted by Crippen LogP contribution is -2.32. The highest BCUT2D eigenvalue weighted by atomic mass is 32.2. The minimum Gasteiger partial charge on any atom is -0.442 e. The van der Waals surface area contributed by atoms with Gasteiger partial charge in [0, 0.05) is 30.2 Å². The SMILES string of the molecule is C=S1CCCN(c2ccc(N3C[C@H](CNC(C)=S)OC3=O)cc2)CC1. The lowest BCUT2D eigenvalue weighted by Gasteiger charge is -2.23. The zero-order valence-electron chi connectivity index (χ0n) is 14.6. The summed E-state index contributed by atoms with van der Waals surface area (Å²) >= 11 is 5.00. The summed E-state index contributed by atoms with van der Waals surface area (Å²) in [5.74, 6) is 6.61.